The predicted molar refractivity (Wildman–Crippen MR) is 58.2 cm³/mol. The summed E-state index contributed by atoms with van der Waals surface area (Å²) >= 11 is 0. The molecule has 0 aromatic rings. The minimum atomic E-state index is 0.0918. The molecule has 0 aliphatic heterocycles. The second-order valence-electron chi connectivity index (χ2n) is 2.69. The maximum absolute atomic E-state index is 5.55. The first-order chi connectivity index (χ1) is 6.35. The zero-order valence-electron chi connectivity index (χ0n) is 8.57. The molecule has 13 heavy (non-hydrogen) atoms. The van der Waals surface area contributed by atoms with Crippen molar-refractivity contribution in [2.75, 3.05) is 6.61 Å². The zero-order chi connectivity index (χ0) is 9.94. The molecule has 0 N–H and O–H groups in total. The monoisotopic (exact) mass is 181 g/mol. The number of allylic oxidation sites excluding steroid dienone is 1. The minimum Gasteiger partial charge on any atom is -0.372 e. The third-order valence-corrected chi connectivity index (χ3v) is 1.50. The lowest BCUT2D eigenvalue weighted by Crippen LogP contribution is -2.14. The summed E-state index contributed by atoms with van der Waals surface area (Å²) in [5.41, 5.74) is 0. The molecule has 2 heteroatoms. The largest absolute Gasteiger partial charge is 0.372 e. The van der Waals surface area contributed by atoms with Crippen LogP contribution in [0.15, 0.2) is 29.9 Å². The van der Waals surface area contributed by atoms with Crippen molar-refractivity contribution in [3.8, 4) is 0 Å². The molecule has 0 radical (unpaired) electrons. The minimum absolute atomic E-state index is 0.0918. The Morgan fingerprint density at radius 3 is 2.85 bits per heavy atom. The summed E-state index contributed by atoms with van der Waals surface area (Å²) in [6.45, 7) is 8.40. The highest BCUT2D eigenvalue weighted by Gasteiger charge is 2.01. The van der Waals surface area contributed by atoms with Gasteiger partial charge in [0, 0.05) is 19.0 Å². The lowest BCUT2D eigenvalue weighted by Gasteiger charge is -2.09. The molecule has 0 aliphatic rings. The summed E-state index contributed by atoms with van der Waals surface area (Å²) in [6, 6.07) is 0. The average Bonchev–Trinajstić information content (AvgIpc) is 2.17. The maximum Gasteiger partial charge on any atom is 0.0960 e. The zero-order valence-corrected chi connectivity index (χ0v) is 8.57. The van der Waals surface area contributed by atoms with E-state index >= 15 is 0 Å². The molecule has 2 nitrogen and oxygen atoms in total. The lowest BCUT2D eigenvalue weighted by atomic mass is 10.2. The van der Waals surface area contributed by atoms with E-state index in [9.17, 15) is 0 Å². The third-order valence-electron chi connectivity index (χ3n) is 1.50. The number of ether oxygens (including phenoxy) is 1. The number of hydrogen-bond donors (Lipinski definition) is 0. The highest BCUT2D eigenvalue weighted by molar-refractivity contribution is 5.64. The van der Waals surface area contributed by atoms with Crippen LogP contribution >= 0.6 is 0 Å². The number of nitrogens with zero attached hydrogens (tertiary/aromatic N) is 1. The van der Waals surface area contributed by atoms with Gasteiger partial charge in [0.1, 0.15) is 0 Å². The summed E-state index contributed by atoms with van der Waals surface area (Å²) in [5, 5.41) is 0. The van der Waals surface area contributed by atoms with E-state index in [0.717, 1.165) is 19.4 Å². The molecule has 0 rings (SSSR count). The molecule has 0 amide bonds. The van der Waals surface area contributed by atoms with Crippen molar-refractivity contribution in [3.63, 3.8) is 0 Å². The third kappa shape index (κ3) is 7.47. The highest BCUT2D eigenvalue weighted by Crippen LogP contribution is 1.98. The van der Waals surface area contributed by atoms with Crippen molar-refractivity contribution in [3.05, 3.63) is 24.9 Å². The van der Waals surface area contributed by atoms with Crippen LogP contribution < -0.4 is 0 Å². The van der Waals surface area contributed by atoms with Crippen molar-refractivity contribution in [1.82, 2.24) is 0 Å². The molecule has 1 unspecified atom stereocenters. The Hall–Kier alpha value is -0.890. The van der Waals surface area contributed by atoms with Crippen LogP contribution in [-0.4, -0.2) is 18.9 Å². The normalized spacial score (nSPS) is 14.0. The first kappa shape index (κ1) is 12.1. The fourth-order valence-electron chi connectivity index (χ4n) is 0.868. The van der Waals surface area contributed by atoms with Gasteiger partial charge >= 0.3 is 0 Å². The number of aliphatic imine (C=N–C) groups is 1. The van der Waals surface area contributed by atoms with Crippen LogP contribution in [0.4, 0.5) is 0 Å². The maximum atomic E-state index is 5.55. The lowest BCUT2D eigenvalue weighted by molar-refractivity contribution is 0.103. The molecule has 0 saturated carbocycles. The summed E-state index contributed by atoms with van der Waals surface area (Å²) in [7, 11) is 0. The molecule has 74 valence electrons. The summed E-state index contributed by atoms with van der Waals surface area (Å²) in [5.74, 6) is 0. The Morgan fingerprint density at radius 2 is 2.31 bits per heavy atom. The van der Waals surface area contributed by atoms with Gasteiger partial charge in [0.25, 0.3) is 0 Å². The fraction of sp³-hybridized carbons (Fsp3) is 0.545. The molecule has 1 atom stereocenters. The predicted octanol–water partition coefficient (Wildman–Crippen LogP) is 2.96. The Bertz CT molecular complexity index is 173. The SMILES string of the molecule is C=C/N=C/C(C/C=C\C)OCCC. The van der Waals surface area contributed by atoms with E-state index in [1.54, 1.807) is 6.21 Å². The molecule has 0 aromatic heterocycles. The molecule has 0 fully saturated rings. The van der Waals surface area contributed by atoms with Gasteiger partial charge in [0.15, 0.2) is 0 Å². The van der Waals surface area contributed by atoms with Crippen molar-refractivity contribution < 1.29 is 4.74 Å². The Balaban J connectivity index is 3.86. The van der Waals surface area contributed by atoms with E-state index in [1.165, 1.54) is 6.20 Å². The molecule has 0 aromatic carbocycles. The smallest absolute Gasteiger partial charge is 0.0960 e. The Labute approximate surface area is 81.0 Å². The first-order valence-electron chi connectivity index (χ1n) is 4.72. The van der Waals surface area contributed by atoms with E-state index < -0.39 is 0 Å². The van der Waals surface area contributed by atoms with Crippen LogP contribution in [0.1, 0.15) is 26.7 Å². The summed E-state index contributed by atoms with van der Waals surface area (Å²) in [6.07, 6.45) is 9.43. The first-order valence-corrected chi connectivity index (χ1v) is 4.72. The van der Waals surface area contributed by atoms with Crippen LogP contribution in [-0.2, 0) is 4.74 Å². The second-order valence-corrected chi connectivity index (χ2v) is 2.69. The molecule has 0 heterocycles. The van der Waals surface area contributed by atoms with Crippen molar-refractivity contribution in [1.29, 1.82) is 0 Å². The fourth-order valence-corrected chi connectivity index (χ4v) is 0.868. The van der Waals surface area contributed by atoms with Gasteiger partial charge < -0.3 is 4.74 Å². The van der Waals surface area contributed by atoms with Crippen LogP contribution in [0.25, 0.3) is 0 Å². The van der Waals surface area contributed by atoms with Crippen molar-refractivity contribution in [2.45, 2.75) is 32.8 Å². The molecular formula is C11H19NO. The molecular weight excluding hydrogens is 162 g/mol. The van der Waals surface area contributed by atoms with E-state index in [0.29, 0.717) is 0 Å². The summed E-state index contributed by atoms with van der Waals surface area (Å²) < 4.78 is 5.55. The van der Waals surface area contributed by atoms with Gasteiger partial charge in [-0.3, -0.25) is 4.99 Å². The van der Waals surface area contributed by atoms with Gasteiger partial charge in [-0.05, 0) is 19.8 Å². The van der Waals surface area contributed by atoms with Crippen LogP contribution in [0.3, 0.4) is 0 Å². The number of rotatable bonds is 7. The van der Waals surface area contributed by atoms with Crippen LogP contribution in [0, 0.1) is 0 Å². The van der Waals surface area contributed by atoms with E-state index in [2.05, 4.69) is 24.6 Å². The van der Waals surface area contributed by atoms with Gasteiger partial charge in [-0.25, -0.2) is 0 Å². The number of hydrogen-bond acceptors (Lipinski definition) is 2. The van der Waals surface area contributed by atoms with E-state index in [-0.39, 0.29) is 6.10 Å². The Morgan fingerprint density at radius 1 is 1.54 bits per heavy atom. The van der Waals surface area contributed by atoms with Gasteiger partial charge in [0.2, 0.25) is 0 Å². The Kier molecular flexibility index (Phi) is 8.57. The second kappa shape index (κ2) is 9.20. The van der Waals surface area contributed by atoms with Gasteiger partial charge in [-0.1, -0.05) is 25.7 Å². The van der Waals surface area contributed by atoms with Gasteiger partial charge in [-0.2, -0.15) is 0 Å². The molecule has 0 saturated heterocycles. The molecule has 0 spiro atoms. The van der Waals surface area contributed by atoms with E-state index in [4.69, 9.17) is 4.74 Å². The van der Waals surface area contributed by atoms with Crippen molar-refractivity contribution >= 4 is 6.21 Å². The van der Waals surface area contributed by atoms with Crippen molar-refractivity contribution in [2.24, 2.45) is 4.99 Å². The topological polar surface area (TPSA) is 21.6 Å². The van der Waals surface area contributed by atoms with Crippen LogP contribution in [0.5, 0.6) is 0 Å². The quantitative estimate of drug-likeness (QED) is 0.437. The molecule has 0 aliphatic carbocycles. The van der Waals surface area contributed by atoms with Gasteiger partial charge in [0.05, 0.1) is 6.10 Å². The van der Waals surface area contributed by atoms with E-state index in [1.807, 2.05) is 13.0 Å². The standard InChI is InChI=1S/C11H19NO/c1-4-7-8-11(10-12-6-3)13-9-5-2/h4,6-7,10-11H,3,5,8-9H2,1-2H3/b7-4-,12-10+. The highest BCUT2D eigenvalue weighted by atomic mass is 16.5. The average molecular weight is 181 g/mol. The van der Waals surface area contributed by atoms with Crippen LogP contribution in [0.2, 0.25) is 0 Å². The van der Waals surface area contributed by atoms with Gasteiger partial charge in [-0.15, -0.1) is 0 Å². The molecule has 0 bridgehead atoms. The summed E-state index contributed by atoms with van der Waals surface area (Å²) in [4.78, 5) is 3.96.